The summed E-state index contributed by atoms with van der Waals surface area (Å²) in [6.45, 7) is -0.489. The monoisotopic (exact) mass is 501 g/mol. The van der Waals surface area contributed by atoms with Crippen molar-refractivity contribution in [3.63, 3.8) is 0 Å². The normalized spacial score (nSPS) is 10.9. The summed E-state index contributed by atoms with van der Waals surface area (Å²) in [5.74, 6) is 0.0907. The van der Waals surface area contributed by atoms with Gasteiger partial charge in [0.05, 0.1) is 17.6 Å². The first-order chi connectivity index (χ1) is 16.0. The standard InChI is InChI=1S/C24H24ClN3O5S/c1-27(2)24(30)17-9-12-19(13-10-17)28(34(3,31)32)16-23(29)26-21-15-18(25)11-14-22(21)33-20-7-5-4-6-8-20/h4-15H,16H2,1-3H3,(H,26,29). The molecule has 3 aromatic rings. The Morgan fingerprint density at radius 3 is 2.21 bits per heavy atom. The third-order valence-corrected chi connectivity index (χ3v) is 6.06. The van der Waals surface area contributed by atoms with Crippen molar-refractivity contribution in [1.82, 2.24) is 4.90 Å². The summed E-state index contributed by atoms with van der Waals surface area (Å²) in [4.78, 5) is 26.4. The molecule has 3 rings (SSSR count). The molecule has 0 saturated carbocycles. The average Bonchev–Trinajstić information content (AvgIpc) is 2.79. The molecule has 0 aliphatic rings. The van der Waals surface area contributed by atoms with Gasteiger partial charge in [-0.05, 0) is 54.6 Å². The molecule has 8 nitrogen and oxygen atoms in total. The van der Waals surface area contributed by atoms with Gasteiger partial charge in [-0.3, -0.25) is 13.9 Å². The summed E-state index contributed by atoms with van der Waals surface area (Å²) < 4.78 is 31.7. The van der Waals surface area contributed by atoms with Gasteiger partial charge in [-0.15, -0.1) is 0 Å². The van der Waals surface area contributed by atoms with Crippen LogP contribution in [-0.4, -0.2) is 52.0 Å². The van der Waals surface area contributed by atoms with Gasteiger partial charge in [-0.1, -0.05) is 29.8 Å². The van der Waals surface area contributed by atoms with Crippen LogP contribution in [0.3, 0.4) is 0 Å². The van der Waals surface area contributed by atoms with E-state index in [1.165, 1.54) is 35.2 Å². The zero-order valence-electron chi connectivity index (χ0n) is 18.9. The Labute approximate surface area is 203 Å². The molecular weight excluding hydrogens is 478 g/mol. The molecule has 0 aromatic heterocycles. The Kier molecular flexibility index (Phi) is 7.80. The quantitative estimate of drug-likeness (QED) is 0.498. The van der Waals surface area contributed by atoms with E-state index in [0.29, 0.717) is 27.8 Å². The largest absolute Gasteiger partial charge is 0.455 e. The number of carbonyl (C=O) groups excluding carboxylic acids is 2. The molecule has 0 saturated heterocycles. The van der Waals surface area contributed by atoms with Crippen molar-refractivity contribution in [2.24, 2.45) is 0 Å². The zero-order valence-corrected chi connectivity index (χ0v) is 20.4. The maximum atomic E-state index is 12.8. The van der Waals surface area contributed by atoms with Gasteiger partial charge in [-0.25, -0.2) is 8.42 Å². The molecule has 0 spiro atoms. The number of sulfonamides is 1. The highest BCUT2D eigenvalue weighted by molar-refractivity contribution is 7.92. The van der Waals surface area contributed by atoms with E-state index in [1.54, 1.807) is 38.4 Å². The third kappa shape index (κ3) is 6.49. The lowest BCUT2D eigenvalue weighted by atomic mass is 10.2. The van der Waals surface area contributed by atoms with E-state index in [-0.39, 0.29) is 11.6 Å². The number of carbonyl (C=O) groups is 2. The summed E-state index contributed by atoms with van der Waals surface area (Å²) in [5.41, 5.74) is 0.940. The van der Waals surface area contributed by atoms with Crippen molar-refractivity contribution in [1.29, 1.82) is 0 Å². The van der Waals surface area contributed by atoms with E-state index < -0.39 is 22.5 Å². The Balaban J connectivity index is 1.81. The van der Waals surface area contributed by atoms with Crippen molar-refractivity contribution in [3.8, 4) is 11.5 Å². The number of nitrogens with zero attached hydrogens (tertiary/aromatic N) is 2. The van der Waals surface area contributed by atoms with Crippen molar-refractivity contribution in [2.45, 2.75) is 0 Å². The van der Waals surface area contributed by atoms with E-state index in [9.17, 15) is 18.0 Å². The van der Waals surface area contributed by atoms with Crippen molar-refractivity contribution in [3.05, 3.63) is 83.4 Å². The van der Waals surface area contributed by atoms with E-state index >= 15 is 0 Å². The number of amides is 2. The summed E-state index contributed by atoms with van der Waals surface area (Å²) in [5, 5.41) is 3.05. The Bertz CT molecular complexity index is 1280. The van der Waals surface area contributed by atoms with Crippen molar-refractivity contribution < 1.29 is 22.7 Å². The van der Waals surface area contributed by atoms with Gasteiger partial charge >= 0.3 is 0 Å². The number of nitrogens with one attached hydrogen (secondary N) is 1. The smallest absolute Gasteiger partial charge is 0.253 e. The number of benzene rings is 3. The highest BCUT2D eigenvalue weighted by atomic mass is 35.5. The van der Waals surface area contributed by atoms with Crippen LogP contribution in [0.25, 0.3) is 0 Å². The minimum Gasteiger partial charge on any atom is -0.455 e. The van der Waals surface area contributed by atoms with Crippen molar-refractivity contribution in [2.75, 3.05) is 36.5 Å². The first-order valence-corrected chi connectivity index (χ1v) is 12.4. The Morgan fingerprint density at radius 1 is 0.971 bits per heavy atom. The Morgan fingerprint density at radius 2 is 1.62 bits per heavy atom. The Hall–Kier alpha value is -3.56. The second-order valence-electron chi connectivity index (χ2n) is 7.62. The van der Waals surface area contributed by atoms with Crippen LogP contribution in [-0.2, 0) is 14.8 Å². The number of rotatable bonds is 8. The van der Waals surface area contributed by atoms with E-state index in [2.05, 4.69) is 5.32 Å². The van der Waals surface area contributed by atoms with Crippen LogP contribution in [0.1, 0.15) is 10.4 Å². The van der Waals surface area contributed by atoms with Crippen LogP contribution in [0.15, 0.2) is 72.8 Å². The fourth-order valence-corrected chi connectivity index (χ4v) is 4.08. The number of ether oxygens (including phenoxy) is 1. The van der Waals surface area contributed by atoms with Crippen molar-refractivity contribution >= 4 is 44.8 Å². The topological polar surface area (TPSA) is 96.0 Å². The number of para-hydroxylation sites is 1. The summed E-state index contributed by atoms with van der Waals surface area (Å²) in [6.07, 6.45) is 1.00. The van der Waals surface area contributed by atoms with Gasteiger partial charge in [0.1, 0.15) is 12.3 Å². The fourth-order valence-electron chi connectivity index (χ4n) is 3.05. The van der Waals surface area contributed by atoms with Crippen LogP contribution >= 0.6 is 11.6 Å². The molecule has 0 aliphatic carbocycles. The molecule has 3 aromatic carbocycles. The maximum absolute atomic E-state index is 12.8. The van der Waals surface area contributed by atoms with Gasteiger partial charge in [0.2, 0.25) is 15.9 Å². The minimum atomic E-state index is -3.80. The molecule has 0 heterocycles. The van der Waals surface area contributed by atoms with Crippen LogP contribution < -0.4 is 14.4 Å². The lowest BCUT2D eigenvalue weighted by Crippen LogP contribution is -2.37. The first-order valence-electron chi connectivity index (χ1n) is 10.2. The molecule has 0 bridgehead atoms. The summed E-state index contributed by atoms with van der Waals surface area (Å²) in [6, 6.07) is 19.7. The zero-order chi connectivity index (χ0) is 24.9. The summed E-state index contributed by atoms with van der Waals surface area (Å²) >= 11 is 6.10. The van der Waals surface area contributed by atoms with Gasteiger partial charge < -0.3 is 15.0 Å². The number of hydrogen-bond acceptors (Lipinski definition) is 5. The van der Waals surface area contributed by atoms with E-state index in [4.69, 9.17) is 16.3 Å². The van der Waals surface area contributed by atoms with Crippen LogP contribution in [0.2, 0.25) is 5.02 Å². The molecule has 0 radical (unpaired) electrons. The van der Waals surface area contributed by atoms with E-state index in [1.807, 2.05) is 18.2 Å². The molecule has 0 aliphatic heterocycles. The lowest BCUT2D eigenvalue weighted by molar-refractivity contribution is -0.114. The van der Waals surface area contributed by atoms with Gasteiger partial charge in [0, 0.05) is 24.7 Å². The van der Waals surface area contributed by atoms with Crippen LogP contribution in [0.4, 0.5) is 11.4 Å². The van der Waals surface area contributed by atoms with Gasteiger partial charge in [0.25, 0.3) is 5.91 Å². The van der Waals surface area contributed by atoms with Gasteiger partial charge in [-0.2, -0.15) is 0 Å². The highest BCUT2D eigenvalue weighted by Gasteiger charge is 2.22. The highest BCUT2D eigenvalue weighted by Crippen LogP contribution is 2.32. The minimum absolute atomic E-state index is 0.220. The predicted octanol–water partition coefficient (Wildman–Crippen LogP) is 4.24. The number of halogens is 1. The lowest BCUT2D eigenvalue weighted by Gasteiger charge is -2.22. The molecule has 2 amide bonds. The fraction of sp³-hybridized carbons (Fsp3) is 0.167. The molecule has 34 heavy (non-hydrogen) atoms. The maximum Gasteiger partial charge on any atom is 0.253 e. The predicted molar refractivity (Wildman–Crippen MR) is 133 cm³/mol. The second-order valence-corrected chi connectivity index (χ2v) is 9.96. The van der Waals surface area contributed by atoms with Crippen LogP contribution in [0.5, 0.6) is 11.5 Å². The molecule has 178 valence electrons. The molecule has 0 unspecified atom stereocenters. The van der Waals surface area contributed by atoms with E-state index in [0.717, 1.165) is 10.6 Å². The first kappa shape index (κ1) is 25.1. The summed E-state index contributed by atoms with van der Waals surface area (Å²) in [7, 11) is -0.562. The molecular formula is C24H24ClN3O5S. The third-order valence-electron chi connectivity index (χ3n) is 4.68. The molecule has 1 N–H and O–H groups in total. The van der Waals surface area contributed by atoms with Crippen LogP contribution in [0, 0.1) is 0 Å². The molecule has 10 heteroatoms. The molecule has 0 atom stereocenters. The average molecular weight is 502 g/mol. The second kappa shape index (κ2) is 10.6. The molecule has 0 fully saturated rings. The number of anilines is 2. The SMILES string of the molecule is CN(C)C(=O)c1ccc(N(CC(=O)Nc2cc(Cl)ccc2Oc2ccccc2)S(C)(=O)=O)cc1. The number of hydrogen-bond donors (Lipinski definition) is 1. The van der Waals surface area contributed by atoms with Gasteiger partial charge in [0.15, 0.2) is 5.75 Å².